The summed E-state index contributed by atoms with van der Waals surface area (Å²) >= 11 is 0. The van der Waals surface area contributed by atoms with Crippen molar-refractivity contribution in [1.82, 2.24) is 10.3 Å². The van der Waals surface area contributed by atoms with E-state index in [2.05, 4.69) is 16.9 Å². The zero-order valence-corrected chi connectivity index (χ0v) is 19.0. The van der Waals surface area contributed by atoms with Gasteiger partial charge in [0.15, 0.2) is 0 Å². The van der Waals surface area contributed by atoms with E-state index in [1.807, 2.05) is 61.5 Å². The van der Waals surface area contributed by atoms with Crippen molar-refractivity contribution in [3.8, 4) is 11.5 Å². The summed E-state index contributed by atoms with van der Waals surface area (Å²) in [6, 6.07) is 15.0. The van der Waals surface area contributed by atoms with Crippen molar-refractivity contribution >= 4 is 28.5 Å². The summed E-state index contributed by atoms with van der Waals surface area (Å²) in [6.45, 7) is 3.84. The normalized spacial score (nSPS) is 10.4. The molecule has 8 heteroatoms. The van der Waals surface area contributed by atoms with Gasteiger partial charge in [0, 0.05) is 37.3 Å². The fraction of sp³-hybridized carbons (Fsp3) is 0.240. The first-order valence-electron chi connectivity index (χ1n) is 10.4. The number of methoxy groups -OCH3 is 1. The number of carbonyl (C=O) groups is 2. The number of amides is 1. The number of fused-ring (bicyclic) bond motifs is 1. The van der Waals surface area contributed by atoms with Crippen LogP contribution in [0.1, 0.15) is 16.1 Å². The lowest BCUT2D eigenvalue weighted by Gasteiger charge is -2.16. The Morgan fingerprint density at radius 3 is 2.55 bits per heavy atom. The lowest BCUT2D eigenvalue weighted by molar-refractivity contribution is -0.137. The topological polar surface area (TPSA) is 90.0 Å². The van der Waals surface area contributed by atoms with Crippen LogP contribution in [0.5, 0.6) is 11.5 Å². The van der Waals surface area contributed by atoms with Gasteiger partial charge in [0.1, 0.15) is 30.4 Å². The molecule has 0 unspecified atom stereocenters. The van der Waals surface area contributed by atoms with Crippen molar-refractivity contribution < 1.29 is 23.8 Å². The van der Waals surface area contributed by atoms with Crippen molar-refractivity contribution in [2.45, 2.75) is 6.61 Å². The van der Waals surface area contributed by atoms with E-state index in [-0.39, 0.29) is 18.8 Å². The molecule has 0 atom stereocenters. The molecule has 0 radical (unpaired) electrons. The van der Waals surface area contributed by atoms with Gasteiger partial charge in [-0.3, -0.25) is 4.79 Å². The maximum absolute atomic E-state index is 12.7. The third-order valence-corrected chi connectivity index (χ3v) is 4.86. The standard InChI is InChI=1S/C25H27N3O5/c1-5-24(29)32-13-12-26-25(30)22-15-23(33-16-17-6-9-19(31-4)10-7-17)20-14-18(28(2)3)8-11-21(20)27-22/h5-11,14-15H,1,12-13,16H2,2-4H3,(H,26,30). The quantitative estimate of drug-likeness (QED) is 0.288. The first-order valence-corrected chi connectivity index (χ1v) is 10.4. The van der Waals surface area contributed by atoms with Crippen molar-refractivity contribution in [2.75, 3.05) is 39.3 Å². The second kappa shape index (κ2) is 11.0. The molecular formula is C25H27N3O5. The molecule has 1 N–H and O–H groups in total. The number of rotatable bonds is 10. The van der Waals surface area contributed by atoms with Crippen molar-refractivity contribution in [3.05, 3.63) is 72.4 Å². The number of nitrogens with zero attached hydrogens (tertiary/aromatic N) is 2. The summed E-state index contributed by atoms with van der Waals surface area (Å²) < 4.78 is 16.2. The Kier molecular flexibility index (Phi) is 7.86. The Bertz CT molecular complexity index is 1140. The van der Waals surface area contributed by atoms with Gasteiger partial charge >= 0.3 is 5.97 Å². The average Bonchev–Trinajstić information content (AvgIpc) is 2.84. The largest absolute Gasteiger partial charge is 0.497 e. The number of pyridine rings is 1. The van der Waals surface area contributed by atoms with Crippen LogP contribution in [0, 0.1) is 0 Å². The second-order valence-electron chi connectivity index (χ2n) is 7.37. The molecule has 0 spiro atoms. The molecule has 0 saturated carbocycles. The number of anilines is 1. The van der Waals surface area contributed by atoms with Gasteiger partial charge < -0.3 is 24.4 Å². The minimum atomic E-state index is -0.543. The molecule has 3 aromatic rings. The van der Waals surface area contributed by atoms with Crippen LogP contribution in [0.4, 0.5) is 5.69 Å². The summed E-state index contributed by atoms with van der Waals surface area (Å²) in [6.07, 6.45) is 1.07. The monoisotopic (exact) mass is 449 g/mol. The lowest BCUT2D eigenvalue weighted by Crippen LogP contribution is -2.28. The number of hydrogen-bond acceptors (Lipinski definition) is 7. The molecule has 1 heterocycles. The number of hydrogen-bond donors (Lipinski definition) is 1. The number of carbonyl (C=O) groups excluding carboxylic acids is 2. The van der Waals surface area contributed by atoms with Crippen LogP contribution in [0.15, 0.2) is 61.2 Å². The summed E-state index contributed by atoms with van der Waals surface area (Å²) in [5.74, 6) is 0.376. The van der Waals surface area contributed by atoms with Crippen LogP contribution < -0.4 is 19.7 Å². The third kappa shape index (κ3) is 6.22. The minimum Gasteiger partial charge on any atom is -0.497 e. The van der Waals surface area contributed by atoms with Gasteiger partial charge in [-0.25, -0.2) is 9.78 Å². The summed E-state index contributed by atoms with van der Waals surface area (Å²) in [5.41, 5.74) is 2.79. The van der Waals surface area contributed by atoms with E-state index in [4.69, 9.17) is 14.2 Å². The Labute approximate surface area is 192 Å². The Hall–Kier alpha value is -4.07. The molecular weight excluding hydrogens is 422 g/mol. The van der Waals surface area contributed by atoms with Crippen LogP contribution in [0.2, 0.25) is 0 Å². The van der Waals surface area contributed by atoms with Crippen molar-refractivity contribution in [3.63, 3.8) is 0 Å². The van der Waals surface area contributed by atoms with Crippen LogP contribution in [-0.4, -0.2) is 51.2 Å². The third-order valence-electron chi connectivity index (χ3n) is 4.86. The van der Waals surface area contributed by atoms with Crippen LogP contribution in [0.25, 0.3) is 10.9 Å². The lowest BCUT2D eigenvalue weighted by atomic mass is 10.1. The molecule has 172 valence electrons. The van der Waals surface area contributed by atoms with E-state index in [0.717, 1.165) is 28.5 Å². The van der Waals surface area contributed by atoms with E-state index in [1.165, 1.54) is 0 Å². The van der Waals surface area contributed by atoms with Crippen molar-refractivity contribution in [2.24, 2.45) is 0 Å². The van der Waals surface area contributed by atoms with Gasteiger partial charge in [0.05, 0.1) is 19.2 Å². The zero-order valence-electron chi connectivity index (χ0n) is 19.0. The van der Waals surface area contributed by atoms with Crippen molar-refractivity contribution in [1.29, 1.82) is 0 Å². The van der Waals surface area contributed by atoms with E-state index >= 15 is 0 Å². The molecule has 0 aliphatic carbocycles. The summed E-state index contributed by atoms with van der Waals surface area (Å²) in [5, 5.41) is 3.49. The summed E-state index contributed by atoms with van der Waals surface area (Å²) in [7, 11) is 5.52. The number of esters is 1. The van der Waals surface area contributed by atoms with E-state index < -0.39 is 11.9 Å². The molecule has 0 aliphatic heterocycles. The van der Waals surface area contributed by atoms with Gasteiger partial charge in [-0.2, -0.15) is 0 Å². The zero-order chi connectivity index (χ0) is 23.8. The van der Waals surface area contributed by atoms with Gasteiger partial charge in [-0.1, -0.05) is 18.7 Å². The first-order chi connectivity index (χ1) is 15.9. The predicted octanol–water partition coefficient (Wildman–Crippen LogP) is 3.35. The molecule has 8 nitrogen and oxygen atoms in total. The molecule has 33 heavy (non-hydrogen) atoms. The first kappa shape index (κ1) is 23.6. The Morgan fingerprint density at radius 1 is 1.12 bits per heavy atom. The molecule has 0 bridgehead atoms. The molecule has 0 saturated heterocycles. The smallest absolute Gasteiger partial charge is 0.330 e. The highest BCUT2D eigenvalue weighted by molar-refractivity contribution is 5.97. The number of benzene rings is 2. The maximum atomic E-state index is 12.7. The van der Waals surface area contributed by atoms with E-state index in [9.17, 15) is 9.59 Å². The Balaban J connectivity index is 1.84. The fourth-order valence-corrected chi connectivity index (χ4v) is 3.05. The van der Waals surface area contributed by atoms with Gasteiger partial charge in [-0.15, -0.1) is 0 Å². The van der Waals surface area contributed by atoms with Crippen LogP contribution in [0.3, 0.4) is 0 Å². The van der Waals surface area contributed by atoms with Gasteiger partial charge in [-0.05, 0) is 35.9 Å². The molecule has 0 fully saturated rings. The van der Waals surface area contributed by atoms with E-state index in [0.29, 0.717) is 17.9 Å². The second-order valence-corrected chi connectivity index (χ2v) is 7.37. The molecule has 3 rings (SSSR count). The average molecular weight is 450 g/mol. The van der Waals surface area contributed by atoms with E-state index in [1.54, 1.807) is 13.2 Å². The molecule has 0 aliphatic rings. The minimum absolute atomic E-state index is 0.0389. The fourth-order valence-electron chi connectivity index (χ4n) is 3.05. The Morgan fingerprint density at radius 2 is 1.88 bits per heavy atom. The van der Waals surface area contributed by atoms with Crippen LogP contribution >= 0.6 is 0 Å². The highest BCUT2D eigenvalue weighted by Gasteiger charge is 2.14. The number of ether oxygens (including phenoxy) is 3. The highest BCUT2D eigenvalue weighted by Crippen LogP contribution is 2.30. The maximum Gasteiger partial charge on any atom is 0.330 e. The highest BCUT2D eigenvalue weighted by atomic mass is 16.5. The molecule has 1 amide bonds. The summed E-state index contributed by atoms with van der Waals surface area (Å²) in [4.78, 5) is 30.3. The number of nitrogens with one attached hydrogen (secondary N) is 1. The van der Waals surface area contributed by atoms with Crippen LogP contribution in [-0.2, 0) is 16.1 Å². The molecule has 2 aromatic carbocycles. The SMILES string of the molecule is C=CC(=O)OCCNC(=O)c1cc(OCc2ccc(OC)cc2)c2cc(N(C)C)ccc2n1. The predicted molar refractivity (Wildman–Crippen MR) is 127 cm³/mol. The molecule has 1 aromatic heterocycles. The number of aromatic nitrogens is 1. The van der Waals surface area contributed by atoms with Gasteiger partial charge in [0.2, 0.25) is 0 Å². The van der Waals surface area contributed by atoms with Gasteiger partial charge in [0.25, 0.3) is 5.91 Å².